The number of methoxy groups -OCH3 is 2. The van der Waals surface area contributed by atoms with Gasteiger partial charge in [-0.05, 0) is 35.9 Å². The monoisotopic (exact) mass is 360 g/mol. The van der Waals surface area contributed by atoms with E-state index in [2.05, 4.69) is 0 Å². The Morgan fingerprint density at radius 1 is 1.16 bits per heavy atom. The summed E-state index contributed by atoms with van der Waals surface area (Å²) in [7, 11) is 3.16. The second-order valence-electron chi connectivity index (χ2n) is 6.10. The van der Waals surface area contributed by atoms with E-state index in [-0.39, 0.29) is 17.9 Å². The number of benzene rings is 2. The van der Waals surface area contributed by atoms with E-state index in [0.717, 1.165) is 11.3 Å². The Morgan fingerprint density at radius 2 is 1.96 bits per heavy atom. The van der Waals surface area contributed by atoms with Gasteiger partial charge in [0.05, 0.1) is 19.8 Å². The fourth-order valence-corrected chi connectivity index (χ4v) is 3.39. The van der Waals surface area contributed by atoms with Crippen molar-refractivity contribution in [3.05, 3.63) is 58.6 Å². The molecule has 6 heteroatoms. The molecule has 3 rings (SSSR count). The Morgan fingerprint density at radius 3 is 2.68 bits per heavy atom. The van der Waals surface area contributed by atoms with Crippen molar-refractivity contribution in [2.45, 2.75) is 12.0 Å². The predicted octanol–water partition coefficient (Wildman–Crippen LogP) is 2.92. The summed E-state index contributed by atoms with van der Waals surface area (Å²) < 4.78 is 10.6. The van der Waals surface area contributed by atoms with E-state index in [1.165, 1.54) is 7.11 Å². The number of likely N-dealkylation sites (tertiary alicyclic amines) is 1. The molecule has 1 amide bonds. The van der Waals surface area contributed by atoms with Crippen molar-refractivity contribution in [1.29, 1.82) is 0 Å². The summed E-state index contributed by atoms with van der Waals surface area (Å²) in [5.41, 5.74) is 7.88. The van der Waals surface area contributed by atoms with Crippen LogP contribution in [-0.4, -0.2) is 44.2 Å². The van der Waals surface area contributed by atoms with E-state index in [1.54, 1.807) is 30.2 Å². The lowest BCUT2D eigenvalue weighted by molar-refractivity contribution is 0.0786. The SMILES string of the molecule is COc1cccc([C@H]2CN(C(=O)c3ccc(Cl)cc3OC)C[C@@H]2N)c1. The molecule has 2 aromatic rings. The standard InChI is InChI=1S/C19H21ClN2O3/c1-24-14-5-3-4-12(8-14)16-10-22(11-17(16)21)19(23)15-7-6-13(20)9-18(15)25-2/h3-9,16-17H,10-11,21H2,1-2H3/t16-,17+/m1/s1. The van der Waals surface area contributed by atoms with E-state index in [9.17, 15) is 4.79 Å². The minimum absolute atomic E-state index is 0.0670. The Hall–Kier alpha value is -2.24. The van der Waals surface area contributed by atoms with Gasteiger partial charge in [0.15, 0.2) is 0 Å². The average Bonchev–Trinajstić information content (AvgIpc) is 3.02. The van der Waals surface area contributed by atoms with Crippen LogP contribution in [0.4, 0.5) is 0 Å². The van der Waals surface area contributed by atoms with Crippen molar-refractivity contribution in [2.24, 2.45) is 5.73 Å². The van der Waals surface area contributed by atoms with Crippen molar-refractivity contribution >= 4 is 17.5 Å². The molecule has 1 saturated heterocycles. The molecule has 5 nitrogen and oxygen atoms in total. The summed E-state index contributed by atoms with van der Waals surface area (Å²) in [6.45, 7) is 1.05. The highest BCUT2D eigenvalue weighted by atomic mass is 35.5. The van der Waals surface area contributed by atoms with Crippen LogP contribution in [0.2, 0.25) is 5.02 Å². The van der Waals surface area contributed by atoms with Crippen LogP contribution >= 0.6 is 11.6 Å². The number of nitrogens with two attached hydrogens (primary N) is 1. The first-order valence-corrected chi connectivity index (χ1v) is 8.43. The van der Waals surface area contributed by atoms with Crippen LogP contribution in [-0.2, 0) is 0 Å². The third kappa shape index (κ3) is 3.57. The highest BCUT2D eigenvalue weighted by Crippen LogP contribution is 2.31. The number of halogens is 1. The molecule has 1 aliphatic rings. The smallest absolute Gasteiger partial charge is 0.257 e. The fourth-order valence-electron chi connectivity index (χ4n) is 3.23. The first-order valence-electron chi connectivity index (χ1n) is 8.06. The van der Waals surface area contributed by atoms with Crippen LogP contribution < -0.4 is 15.2 Å². The van der Waals surface area contributed by atoms with Gasteiger partial charge in [-0.15, -0.1) is 0 Å². The average molecular weight is 361 g/mol. The first-order chi connectivity index (χ1) is 12.0. The maximum Gasteiger partial charge on any atom is 0.257 e. The zero-order chi connectivity index (χ0) is 18.0. The van der Waals surface area contributed by atoms with Crippen molar-refractivity contribution in [1.82, 2.24) is 4.90 Å². The molecule has 0 bridgehead atoms. The van der Waals surface area contributed by atoms with Gasteiger partial charge in [-0.1, -0.05) is 23.7 Å². The number of carbonyl (C=O) groups excluding carboxylic acids is 1. The number of hydrogen-bond donors (Lipinski definition) is 1. The van der Waals surface area contributed by atoms with Crippen LogP contribution in [0.15, 0.2) is 42.5 Å². The molecule has 2 atom stereocenters. The second kappa shape index (κ2) is 7.33. The third-order valence-corrected chi connectivity index (χ3v) is 4.80. The summed E-state index contributed by atoms with van der Waals surface area (Å²) in [6.07, 6.45) is 0. The molecular weight excluding hydrogens is 340 g/mol. The summed E-state index contributed by atoms with van der Waals surface area (Å²) >= 11 is 5.98. The van der Waals surface area contributed by atoms with Crippen LogP contribution in [0.5, 0.6) is 11.5 Å². The molecule has 0 saturated carbocycles. The Kier molecular flexibility index (Phi) is 5.16. The van der Waals surface area contributed by atoms with Crippen molar-refractivity contribution in [3.63, 3.8) is 0 Å². The quantitative estimate of drug-likeness (QED) is 0.910. The number of amides is 1. The molecule has 2 aromatic carbocycles. The highest BCUT2D eigenvalue weighted by Gasteiger charge is 2.35. The van der Waals surface area contributed by atoms with Gasteiger partial charge in [0.1, 0.15) is 11.5 Å². The Bertz CT molecular complexity index is 781. The summed E-state index contributed by atoms with van der Waals surface area (Å²) in [4.78, 5) is 14.7. The lowest BCUT2D eigenvalue weighted by atomic mass is 9.95. The van der Waals surface area contributed by atoms with Crippen molar-refractivity contribution < 1.29 is 14.3 Å². The molecule has 1 heterocycles. The number of nitrogens with zero attached hydrogens (tertiary/aromatic N) is 1. The number of rotatable bonds is 4. The van der Waals surface area contributed by atoms with E-state index < -0.39 is 0 Å². The summed E-state index contributed by atoms with van der Waals surface area (Å²) in [6, 6.07) is 12.7. The summed E-state index contributed by atoms with van der Waals surface area (Å²) in [5.74, 6) is 1.22. The molecule has 25 heavy (non-hydrogen) atoms. The van der Waals surface area contributed by atoms with E-state index in [4.69, 9.17) is 26.8 Å². The van der Waals surface area contributed by atoms with E-state index in [0.29, 0.717) is 29.4 Å². The third-order valence-electron chi connectivity index (χ3n) is 4.57. The molecule has 1 aliphatic heterocycles. The zero-order valence-corrected chi connectivity index (χ0v) is 15.0. The van der Waals surface area contributed by atoms with Gasteiger partial charge in [-0.3, -0.25) is 4.79 Å². The molecule has 132 valence electrons. The molecule has 1 fully saturated rings. The van der Waals surface area contributed by atoms with Gasteiger partial charge in [-0.2, -0.15) is 0 Å². The fraction of sp³-hybridized carbons (Fsp3) is 0.316. The molecular formula is C19H21ClN2O3. The maximum absolute atomic E-state index is 12.9. The van der Waals surface area contributed by atoms with E-state index >= 15 is 0 Å². The van der Waals surface area contributed by atoms with Gasteiger partial charge in [-0.25, -0.2) is 0 Å². The number of hydrogen-bond acceptors (Lipinski definition) is 4. The van der Waals surface area contributed by atoms with E-state index in [1.807, 2.05) is 24.3 Å². The summed E-state index contributed by atoms with van der Waals surface area (Å²) in [5, 5.41) is 0.529. The molecule has 0 unspecified atom stereocenters. The van der Waals surface area contributed by atoms with Crippen molar-refractivity contribution in [3.8, 4) is 11.5 Å². The van der Waals surface area contributed by atoms with Gasteiger partial charge >= 0.3 is 0 Å². The largest absolute Gasteiger partial charge is 0.497 e. The van der Waals surface area contributed by atoms with Gasteiger partial charge in [0, 0.05) is 30.1 Å². The lowest BCUT2D eigenvalue weighted by Crippen LogP contribution is -2.32. The molecule has 0 radical (unpaired) electrons. The van der Waals surface area contributed by atoms with Crippen molar-refractivity contribution in [2.75, 3.05) is 27.3 Å². The lowest BCUT2D eigenvalue weighted by Gasteiger charge is -2.18. The minimum atomic E-state index is -0.130. The molecule has 0 spiro atoms. The van der Waals surface area contributed by atoms with Gasteiger partial charge < -0.3 is 20.1 Å². The number of ether oxygens (including phenoxy) is 2. The predicted molar refractivity (Wildman–Crippen MR) is 97.6 cm³/mol. The van der Waals surface area contributed by atoms with Crippen LogP contribution in [0.25, 0.3) is 0 Å². The number of carbonyl (C=O) groups is 1. The molecule has 2 N–H and O–H groups in total. The van der Waals surface area contributed by atoms with Gasteiger partial charge in [0.25, 0.3) is 5.91 Å². The van der Waals surface area contributed by atoms with Gasteiger partial charge in [0.2, 0.25) is 0 Å². The zero-order valence-electron chi connectivity index (χ0n) is 14.2. The van der Waals surface area contributed by atoms with Crippen LogP contribution in [0, 0.1) is 0 Å². The minimum Gasteiger partial charge on any atom is -0.497 e. The maximum atomic E-state index is 12.9. The van der Waals surface area contributed by atoms with Crippen LogP contribution in [0.1, 0.15) is 21.8 Å². The topological polar surface area (TPSA) is 64.8 Å². The first kappa shape index (κ1) is 17.6. The normalized spacial score (nSPS) is 19.8. The Labute approximate surface area is 152 Å². The Balaban J connectivity index is 1.82. The molecule has 0 aromatic heterocycles. The second-order valence-corrected chi connectivity index (χ2v) is 6.54. The molecule has 0 aliphatic carbocycles. The highest BCUT2D eigenvalue weighted by molar-refractivity contribution is 6.30. The van der Waals surface area contributed by atoms with Crippen LogP contribution in [0.3, 0.4) is 0 Å².